The normalized spacial score (nSPS) is 11.4. The van der Waals surface area contributed by atoms with Crippen LogP contribution >= 0.6 is 0 Å². The quantitative estimate of drug-likeness (QED) is 0.300. The molecule has 7 nitrogen and oxygen atoms in total. The zero-order chi connectivity index (χ0) is 27.1. The molecule has 196 valence electrons. The van der Waals surface area contributed by atoms with Crippen LogP contribution in [0.4, 0.5) is 4.79 Å². The summed E-state index contributed by atoms with van der Waals surface area (Å²) < 4.78 is 7.33. The van der Waals surface area contributed by atoms with Gasteiger partial charge in [0.1, 0.15) is 5.60 Å². The van der Waals surface area contributed by atoms with Crippen LogP contribution in [0.15, 0.2) is 72.8 Å². The maximum Gasteiger partial charge on any atom is 0.408 e. The predicted molar refractivity (Wildman–Crippen MR) is 149 cm³/mol. The highest BCUT2D eigenvalue weighted by molar-refractivity contribution is 5.68. The summed E-state index contributed by atoms with van der Waals surface area (Å²) in [4.78, 5) is 12.0. The molecular weight excluding hydrogens is 462 g/mol. The Morgan fingerprint density at radius 1 is 0.892 bits per heavy atom. The zero-order valence-corrected chi connectivity index (χ0v) is 23.0. The third-order valence-corrected chi connectivity index (χ3v) is 5.61. The van der Waals surface area contributed by atoms with Crippen molar-refractivity contribution < 1.29 is 9.53 Å². The number of nitrogens with zero attached hydrogens (tertiary/aromatic N) is 3. The zero-order valence-electron chi connectivity index (χ0n) is 23.0. The molecule has 0 fully saturated rings. The Kier molecular flexibility index (Phi) is 8.92. The molecule has 0 aliphatic heterocycles. The van der Waals surface area contributed by atoms with Crippen molar-refractivity contribution in [3.05, 3.63) is 84.2 Å². The molecule has 37 heavy (non-hydrogen) atoms. The molecule has 4 rings (SSSR count). The standard InChI is InChI=1S/C20H29N3O2.C10H10N2/c1-15-14-17(16-10-8-7-9-11-16)22-23(15)13-12-20(5,6)21-18(24)25-19(2,3)4;1-8-7-10(12-11-8)9-5-3-2-4-6-9/h7-11,14H,12-13H2,1-6H3,(H,21,24);2-7H,1H3,(H,11,12). The van der Waals surface area contributed by atoms with E-state index in [1.165, 1.54) is 0 Å². The number of rotatable bonds is 6. The van der Waals surface area contributed by atoms with Crippen molar-refractivity contribution in [1.82, 2.24) is 25.3 Å². The smallest absolute Gasteiger partial charge is 0.408 e. The van der Waals surface area contributed by atoms with Crippen molar-refractivity contribution in [3.8, 4) is 22.5 Å². The van der Waals surface area contributed by atoms with E-state index in [2.05, 4.69) is 45.8 Å². The topological polar surface area (TPSA) is 84.8 Å². The molecule has 0 spiro atoms. The van der Waals surface area contributed by atoms with E-state index >= 15 is 0 Å². The summed E-state index contributed by atoms with van der Waals surface area (Å²) >= 11 is 0. The van der Waals surface area contributed by atoms with Gasteiger partial charge in [-0.2, -0.15) is 10.2 Å². The lowest BCUT2D eigenvalue weighted by Gasteiger charge is -2.28. The van der Waals surface area contributed by atoms with Crippen LogP contribution in [0.25, 0.3) is 22.5 Å². The second-order valence-corrected chi connectivity index (χ2v) is 10.8. The van der Waals surface area contributed by atoms with Gasteiger partial charge in [0.05, 0.1) is 11.4 Å². The van der Waals surface area contributed by atoms with Crippen molar-refractivity contribution >= 4 is 6.09 Å². The van der Waals surface area contributed by atoms with Gasteiger partial charge in [0, 0.05) is 34.6 Å². The monoisotopic (exact) mass is 501 g/mol. The SMILES string of the molecule is Cc1cc(-c2ccccc2)n[nH]1.Cc1cc(-c2ccccc2)nn1CCC(C)(C)NC(=O)OC(C)(C)C. The number of ether oxygens (including phenoxy) is 1. The number of alkyl carbamates (subject to hydrolysis) is 1. The Hall–Kier alpha value is -3.87. The maximum absolute atomic E-state index is 12.0. The molecule has 4 aromatic rings. The van der Waals surface area contributed by atoms with Gasteiger partial charge in [-0.15, -0.1) is 0 Å². The van der Waals surface area contributed by atoms with Gasteiger partial charge < -0.3 is 10.1 Å². The number of hydrogen-bond donors (Lipinski definition) is 2. The third-order valence-electron chi connectivity index (χ3n) is 5.61. The first-order chi connectivity index (χ1) is 17.4. The number of carbonyl (C=O) groups excluding carboxylic acids is 1. The molecule has 0 unspecified atom stereocenters. The van der Waals surface area contributed by atoms with Crippen molar-refractivity contribution in [3.63, 3.8) is 0 Å². The first-order valence-corrected chi connectivity index (χ1v) is 12.6. The molecule has 1 amide bonds. The van der Waals surface area contributed by atoms with Crippen LogP contribution in [0.1, 0.15) is 52.4 Å². The van der Waals surface area contributed by atoms with Gasteiger partial charge in [-0.05, 0) is 67.0 Å². The summed E-state index contributed by atoms with van der Waals surface area (Å²) in [6.07, 6.45) is 0.364. The lowest BCUT2D eigenvalue weighted by atomic mass is 10.0. The van der Waals surface area contributed by atoms with Gasteiger partial charge in [0.15, 0.2) is 0 Å². The summed E-state index contributed by atoms with van der Waals surface area (Å²) in [5, 5.41) is 14.7. The van der Waals surface area contributed by atoms with Crippen molar-refractivity contribution in [2.45, 2.75) is 72.6 Å². The van der Waals surface area contributed by atoms with E-state index in [1.807, 2.05) is 95.6 Å². The number of H-pyrrole nitrogens is 1. The van der Waals surface area contributed by atoms with E-state index in [4.69, 9.17) is 9.84 Å². The Bertz CT molecular complexity index is 1270. The second-order valence-electron chi connectivity index (χ2n) is 10.8. The highest BCUT2D eigenvalue weighted by Crippen LogP contribution is 2.20. The Labute approximate surface area is 220 Å². The first kappa shape index (κ1) is 27.7. The Balaban J connectivity index is 0.000000262. The van der Waals surface area contributed by atoms with E-state index in [9.17, 15) is 4.79 Å². The minimum Gasteiger partial charge on any atom is -0.444 e. The third kappa shape index (κ3) is 8.94. The molecule has 2 N–H and O–H groups in total. The number of benzene rings is 2. The Morgan fingerprint density at radius 2 is 1.46 bits per heavy atom. The number of aromatic amines is 1. The van der Waals surface area contributed by atoms with Gasteiger partial charge in [0.25, 0.3) is 0 Å². The Morgan fingerprint density at radius 3 is 1.97 bits per heavy atom. The van der Waals surface area contributed by atoms with Crippen molar-refractivity contribution in [1.29, 1.82) is 0 Å². The van der Waals surface area contributed by atoms with E-state index in [0.29, 0.717) is 0 Å². The molecule has 2 aromatic carbocycles. The fourth-order valence-electron chi connectivity index (χ4n) is 3.69. The molecule has 0 saturated carbocycles. The van der Waals surface area contributed by atoms with E-state index in [0.717, 1.165) is 46.9 Å². The molecule has 0 radical (unpaired) electrons. The largest absolute Gasteiger partial charge is 0.444 e. The minimum atomic E-state index is -0.497. The lowest BCUT2D eigenvalue weighted by Crippen LogP contribution is -2.46. The van der Waals surface area contributed by atoms with E-state index < -0.39 is 5.60 Å². The summed E-state index contributed by atoms with van der Waals surface area (Å²) in [7, 11) is 0. The second kappa shape index (κ2) is 11.9. The molecule has 0 saturated heterocycles. The summed E-state index contributed by atoms with van der Waals surface area (Å²) in [5.41, 5.74) is 5.55. The number of amides is 1. The van der Waals surface area contributed by atoms with Gasteiger partial charge in [-0.1, -0.05) is 60.7 Å². The number of nitrogens with one attached hydrogen (secondary N) is 2. The van der Waals surface area contributed by atoms with Crippen molar-refractivity contribution in [2.24, 2.45) is 0 Å². The van der Waals surface area contributed by atoms with E-state index in [-0.39, 0.29) is 11.6 Å². The summed E-state index contributed by atoms with van der Waals surface area (Å²) in [5.74, 6) is 0. The molecule has 2 aromatic heterocycles. The fourth-order valence-corrected chi connectivity index (χ4v) is 3.69. The van der Waals surface area contributed by atoms with Crippen LogP contribution in [0.2, 0.25) is 0 Å². The summed E-state index contributed by atoms with van der Waals surface area (Å²) in [6.45, 7) is 14.3. The van der Waals surface area contributed by atoms with Gasteiger partial charge in [-0.3, -0.25) is 9.78 Å². The highest BCUT2D eigenvalue weighted by Gasteiger charge is 2.24. The number of carbonyl (C=O) groups is 1. The van der Waals surface area contributed by atoms with Gasteiger partial charge in [0.2, 0.25) is 0 Å². The average molecular weight is 502 g/mol. The average Bonchev–Trinajstić information content (AvgIpc) is 3.43. The van der Waals surface area contributed by atoms with Crippen LogP contribution in [-0.2, 0) is 11.3 Å². The van der Waals surface area contributed by atoms with Gasteiger partial charge >= 0.3 is 6.09 Å². The molecule has 0 aliphatic rings. The lowest BCUT2D eigenvalue weighted by molar-refractivity contribution is 0.0465. The summed E-state index contributed by atoms with van der Waals surface area (Å²) in [6, 6.07) is 24.4. The molecular formula is C30H39N5O2. The first-order valence-electron chi connectivity index (χ1n) is 12.6. The number of aryl methyl sites for hydroxylation is 3. The van der Waals surface area contributed by atoms with Crippen LogP contribution in [0.3, 0.4) is 0 Å². The minimum absolute atomic E-state index is 0.381. The molecule has 2 heterocycles. The maximum atomic E-state index is 12.0. The molecule has 7 heteroatoms. The highest BCUT2D eigenvalue weighted by atomic mass is 16.6. The fraction of sp³-hybridized carbons (Fsp3) is 0.367. The van der Waals surface area contributed by atoms with Crippen LogP contribution in [0.5, 0.6) is 0 Å². The van der Waals surface area contributed by atoms with E-state index in [1.54, 1.807) is 0 Å². The van der Waals surface area contributed by atoms with Crippen LogP contribution < -0.4 is 5.32 Å². The number of hydrogen-bond acceptors (Lipinski definition) is 4. The van der Waals surface area contributed by atoms with Crippen LogP contribution in [-0.4, -0.2) is 37.2 Å². The number of aromatic nitrogens is 4. The molecule has 0 atom stereocenters. The van der Waals surface area contributed by atoms with Crippen LogP contribution in [0, 0.1) is 13.8 Å². The molecule has 0 bridgehead atoms. The van der Waals surface area contributed by atoms with Crippen molar-refractivity contribution in [2.75, 3.05) is 0 Å². The molecule has 0 aliphatic carbocycles. The van der Waals surface area contributed by atoms with Gasteiger partial charge in [-0.25, -0.2) is 4.79 Å². The predicted octanol–water partition coefficient (Wildman–Crippen LogP) is 6.94.